The first-order valence-electron chi connectivity index (χ1n) is 8.58. The predicted molar refractivity (Wildman–Crippen MR) is 79.3 cm³/mol. The Hall–Kier alpha value is -0.570. The third-order valence-corrected chi connectivity index (χ3v) is 5.57. The molecule has 3 heteroatoms. The molecular formula is C17H29NO2. The van der Waals surface area contributed by atoms with Crippen LogP contribution in [0.4, 0.5) is 0 Å². The number of rotatable bonds is 2. The number of fused-ring (bicyclic) bond motifs is 1. The highest BCUT2D eigenvalue weighted by Crippen LogP contribution is 2.35. The molecule has 1 saturated heterocycles. The molecule has 0 aromatic carbocycles. The monoisotopic (exact) mass is 279 g/mol. The van der Waals surface area contributed by atoms with Crippen molar-refractivity contribution in [2.24, 2.45) is 17.8 Å². The number of nitrogens with one attached hydrogen (secondary N) is 1. The minimum atomic E-state index is -0.0318. The van der Waals surface area contributed by atoms with Gasteiger partial charge < -0.3 is 10.1 Å². The molecule has 3 nitrogen and oxygen atoms in total. The molecule has 2 aliphatic carbocycles. The molecule has 20 heavy (non-hydrogen) atoms. The molecule has 0 amide bonds. The SMILES string of the molecule is CC1CC(C)CC(OC(=O)C2CC3CCCCC3N2)C1. The Kier molecular flexibility index (Phi) is 4.34. The highest BCUT2D eigenvalue weighted by molar-refractivity contribution is 5.76. The molecule has 0 radical (unpaired) electrons. The maximum Gasteiger partial charge on any atom is 0.323 e. The molecule has 114 valence electrons. The molecule has 0 aromatic heterocycles. The summed E-state index contributed by atoms with van der Waals surface area (Å²) >= 11 is 0. The first-order chi connectivity index (χ1) is 9.61. The first kappa shape index (κ1) is 14.4. The lowest BCUT2D eigenvalue weighted by atomic mass is 9.82. The normalized spacial score (nSPS) is 44.9. The van der Waals surface area contributed by atoms with E-state index >= 15 is 0 Å². The number of carbonyl (C=O) groups is 1. The van der Waals surface area contributed by atoms with Crippen LogP contribution in [0, 0.1) is 17.8 Å². The quantitative estimate of drug-likeness (QED) is 0.788. The molecule has 0 bridgehead atoms. The van der Waals surface area contributed by atoms with E-state index in [9.17, 15) is 4.79 Å². The summed E-state index contributed by atoms with van der Waals surface area (Å²) in [5, 5.41) is 3.53. The average Bonchev–Trinajstić information content (AvgIpc) is 2.81. The lowest BCUT2D eigenvalue weighted by molar-refractivity contribution is -0.154. The summed E-state index contributed by atoms with van der Waals surface area (Å²) in [6.07, 6.45) is 9.72. The van der Waals surface area contributed by atoms with Crippen LogP contribution in [0.2, 0.25) is 0 Å². The van der Waals surface area contributed by atoms with Crippen molar-refractivity contribution < 1.29 is 9.53 Å². The van der Waals surface area contributed by atoms with E-state index in [4.69, 9.17) is 4.74 Å². The van der Waals surface area contributed by atoms with Crippen LogP contribution < -0.4 is 5.32 Å². The Bertz CT molecular complexity index is 333. The van der Waals surface area contributed by atoms with Crippen LogP contribution in [0.1, 0.15) is 65.2 Å². The predicted octanol–water partition coefficient (Wildman–Crippen LogP) is 3.28. The van der Waals surface area contributed by atoms with Crippen LogP contribution in [-0.2, 0) is 9.53 Å². The Morgan fingerprint density at radius 3 is 2.40 bits per heavy atom. The maximum absolute atomic E-state index is 12.4. The van der Waals surface area contributed by atoms with E-state index in [-0.39, 0.29) is 18.1 Å². The van der Waals surface area contributed by atoms with Crippen LogP contribution >= 0.6 is 0 Å². The summed E-state index contributed by atoms with van der Waals surface area (Å²) in [5.74, 6) is 2.11. The Morgan fingerprint density at radius 1 is 1.00 bits per heavy atom. The van der Waals surface area contributed by atoms with E-state index in [2.05, 4.69) is 19.2 Å². The third-order valence-electron chi connectivity index (χ3n) is 5.57. The van der Waals surface area contributed by atoms with Gasteiger partial charge in [0.25, 0.3) is 0 Å². The fourth-order valence-electron chi connectivity index (χ4n) is 4.72. The van der Waals surface area contributed by atoms with E-state index in [1.54, 1.807) is 0 Å². The van der Waals surface area contributed by atoms with Crippen molar-refractivity contribution in [2.75, 3.05) is 0 Å². The van der Waals surface area contributed by atoms with E-state index in [0.717, 1.165) is 19.3 Å². The molecular weight excluding hydrogens is 250 g/mol. The van der Waals surface area contributed by atoms with Gasteiger partial charge in [0, 0.05) is 6.04 Å². The highest BCUT2D eigenvalue weighted by atomic mass is 16.5. The average molecular weight is 279 g/mol. The lowest BCUT2D eigenvalue weighted by Gasteiger charge is -2.31. The second kappa shape index (κ2) is 6.05. The van der Waals surface area contributed by atoms with Crippen molar-refractivity contribution >= 4 is 5.97 Å². The molecule has 1 aliphatic heterocycles. The zero-order valence-corrected chi connectivity index (χ0v) is 12.9. The van der Waals surface area contributed by atoms with E-state index < -0.39 is 0 Å². The summed E-state index contributed by atoms with van der Waals surface area (Å²) in [5.41, 5.74) is 0. The Morgan fingerprint density at radius 2 is 1.70 bits per heavy atom. The van der Waals surface area contributed by atoms with Gasteiger partial charge in [-0.1, -0.05) is 26.7 Å². The number of carbonyl (C=O) groups excluding carboxylic acids is 1. The van der Waals surface area contributed by atoms with Gasteiger partial charge in [-0.3, -0.25) is 4.79 Å². The minimum absolute atomic E-state index is 0.0192. The fourth-order valence-corrected chi connectivity index (χ4v) is 4.72. The number of esters is 1. The zero-order valence-electron chi connectivity index (χ0n) is 12.9. The second-order valence-electron chi connectivity index (χ2n) is 7.58. The molecule has 0 spiro atoms. The first-order valence-corrected chi connectivity index (χ1v) is 8.58. The summed E-state index contributed by atoms with van der Waals surface area (Å²) in [6, 6.07) is 0.543. The standard InChI is InChI=1S/C17H29NO2/c1-11-7-12(2)9-14(8-11)20-17(19)16-10-13-5-3-4-6-15(13)18-16/h11-16,18H,3-10H2,1-2H3. The molecule has 1 N–H and O–H groups in total. The van der Waals surface area contributed by atoms with Crippen LogP contribution in [0.25, 0.3) is 0 Å². The van der Waals surface area contributed by atoms with Gasteiger partial charge in [-0.15, -0.1) is 0 Å². The number of ether oxygens (including phenoxy) is 1. The van der Waals surface area contributed by atoms with Crippen LogP contribution in [0.3, 0.4) is 0 Å². The van der Waals surface area contributed by atoms with Crippen LogP contribution in [0.15, 0.2) is 0 Å². The molecule has 5 atom stereocenters. The van der Waals surface area contributed by atoms with Gasteiger partial charge in [-0.2, -0.15) is 0 Å². The van der Waals surface area contributed by atoms with Crippen molar-refractivity contribution in [3.63, 3.8) is 0 Å². The van der Waals surface area contributed by atoms with Gasteiger partial charge in [0.05, 0.1) is 0 Å². The van der Waals surface area contributed by atoms with E-state index in [1.165, 1.54) is 32.1 Å². The van der Waals surface area contributed by atoms with Crippen molar-refractivity contribution in [3.8, 4) is 0 Å². The van der Waals surface area contributed by atoms with Gasteiger partial charge >= 0.3 is 5.97 Å². The van der Waals surface area contributed by atoms with Gasteiger partial charge in [-0.25, -0.2) is 0 Å². The van der Waals surface area contributed by atoms with Crippen molar-refractivity contribution in [2.45, 2.75) is 83.4 Å². The summed E-state index contributed by atoms with van der Waals surface area (Å²) < 4.78 is 5.82. The summed E-state index contributed by atoms with van der Waals surface area (Å²) in [7, 11) is 0. The maximum atomic E-state index is 12.4. The van der Waals surface area contributed by atoms with E-state index in [1.807, 2.05) is 0 Å². The van der Waals surface area contributed by atoms with Crippen molar-refractivity contribution in [1.29, 1.82) is 0 Å². The van der Waals surface area contributed by atoms with Gasteiger partial charge in [0.2, 0.25) is 0 Å². The van der Waals surface area contributed by atoms with Crippen LogP contribution in [-0.4, -0.2) is 24.2 Å². The fraction of sp³-hybridized carbons (Fsp3) is 0.941. The molecule has 3 fully saturated rings. The minimum Gasteiger partial charge on any atom is -0.461 e. The summed E-state index contributed by atoms with van der Waals surface area (Å²) in [4.78, 5) is 12.4. The molecule has 3 rings (SSSR count). The molecule has 3 aliphatic rings. The van der Waals surface area contributed by atoms with Gasteiger partial charge in [0.15, 0.2) is 0 Å². The largest absolute Gasteiger partial charge is 0.461 e. The van der Waals surface area contributed by atoms with Gasteiger partial charge in [-0.05, 0) is 56.3 Å². The topological polar surface area (TPSA) is 38.3 Å². The highest BCUT2D eigenvalue weighted by Gasteiger charge is 2.40. The van der Waals surface area contributed by atoms with Crippen LogP contribution in [0.5, 0.6) is 0 Å². The molecule has 5 unspecified atom stereocenters. The third kappa shape index (κ3) is 3.19. The number of hydrogen-bond acceptors (Lipinski definition) is 3. The summed E-state index contributed by atoms with van der Waals surface area (Å²) in [6.45, 7) is 4.55. The van der Waals surface area contributed by atoms with Gasteiger partial charge in [0.1, 0.15) is 12.1 Å². The molecule has 1 heterocycles. The van der Waals surface area contributed by atoms with E-state index in [0.29, 0.717) is 23.8 Å². The zero-order chi connectivity index (χ0) is 14.1. The number of hydrogen-bond donors (Lipinski definition) is 1. The Balaban J connectivity index is 1.52. The van der Waals surface area contributed by atoms with Crippen molar-refractivity contribution in [1.82, 2.24) is 5.32 Å². The lowest BCUT2D eigenvalue weighted by Crippen LogP contribution is -2.40. The Labute approximate surface area is 122 Å². The second-order valence-corrected chi connectivity index (χ2v) is 7.58. The molecule has 2 saturated carbocycles. The smallest absolute Gasteiger partial charge is 0.323 e. The molecule has 0 aromatic rings. The van der Waals surface area contributed by atoms with Crippen molar-refractivity contribution in [3.05, 3.63) is 0 Å².